The summed E-state index contributed by atoms with van der Waals surface area (Å²) >= 11 is 0. The number of hydrogen-bond acceptors (Lipinski definition) is 2. The number of benzene rings is 1. The maximum Gasteiger partial charge on any atom is 0.435 e. The molecule has 0 bridgehead atoms. The van der Waals surface area contributed by atoms with Crippen molar-refractivity contribution >= 4 is 11.6 Å². The molecule has 0 aliphatic heterocycles. The normalized spacial score (nSPS) is 11.5. The fourth-order valence-electron chi connectivity index (χ4n) is 2.02. The number of halogens is 3. The van der Waals surface area contributed by atoms with E-state index >= 15 is 0 Å². The number of amides is 1. The topological polar surface area (TPSA) is 46.9 Å². The van der Waals surface area contributed by atoms with Crippen molar-refractivity contribution < 1.29 is 18.0 Å². The van der Waals surface area contributed by atoms with Crippen LogP contribution in [0.3, 0.4) is 0 Å². The number of aryl methyl sites for hydroxylation is 2. The van der Waals surface area contributed by atoms with E-state index in [0.29, 0.717) is 5.69 Å². The van der Waals surface area contributed by atoms with Gasteiger partial charge in [0, 0.05) is 11.4 Å². The second-order valence-corrected chi connectivity index (χ2v) is 5.12. The average Bonchev–Trinajstić information content (AvgIpc) is 2.76. The Bertz CT molecular complexity index is 705. The molecule has 4 nitrogen and oxygen atoms in total. The number of hydrogen-bond donors (Lipinski definition) is 1. The van der Waals surface area contributed by atoms with Crippen molar-refractivity contribution in [3.63, 3.8) is 0 Å². The van der Waals surface area contributed by atoms with E-state index in [1.54, 1.807) is 12.1 Å². The Morgan fingerprint density at radius 3 is 2.55 bits per heavy atom. The quantitative estimate of drug-likeness (QED) is 0.943. The molecule has 118 valence electrons. The lowest BCUT2D eigenvalue weighted by Crippen LogP contribution is -2.21. The largest absolute Gasteiger partial charge is 0.435 e. The summed E-state index contributed by atoms with van der Waals surface area (Å²) in [7, 11) is 0. The van der Waals surface area contributed by atoms with Gasteiger partial charge in [-0.2, -0.15) is 18.3 Å². The number of anilines is 1. The zero-order valence-electron chi connectivity index (χ0n) is 12.5. The molecule has 22 heavy (non-hydrogen) atoms. The third kappa shape index (κ3) is 3.47. The van der Waals surface area contributed by atoms with E-state index in [4.69, 9.17) is 0 Å². The highest BCUT2D eigenvalue weighted by molar-refractivity contribution is 5.91. The van der Waals surface area contributed by atoms with Gasteiger partial charge >= 0.3 is 6.18 Å². The Hall–Kier alpha value is -2.31. The van der Waals surface area contributed by atoms with E-state index in [1.165, 1.54) is 6.92 Å². The van der Waals surface area contributed by atoms with Gasteiger partial charge in [-0.05, 0) is 44.0 Å². The SMILES string of the molecule is Cc1cccc(NC(=O)Cn2nc(C(F)(F)F)cc2C)c1C. The Balaban J connectivity index is 2.13. The van der Waals surface area contributed by atoms with Crippen molar-refractivity contribution in [2.45, 2.75) is 33.5 Å². The molecule has 0 radical (unpaired) electrons. The highest BCUT2D eigenvalue weighted by Gasteiger charge is 2.34. The van der Waals surface area contributed by atoms with Crippen LogP contribution in [0.25, 0.3) is 0 Å². The van der Waals surface area contributed by atoms with Crippen molar-refractivity contribution in [3.8, 4) is 0 Å². The number of nitrogens with zero attached hydrogens (tertiary/aromatic N) is 2. The number of rotatable bonds is 3. The molecule has 0 fully saturated rings. The average molecular weight is 311 g/mol. The first-order valence-corrected chi connectivity index (χ1v) is 6.66. The van der Waals surface area contributed by atoms with Gasteiger partial charge in [-0.1, -0.05) is 12.1 Å². The van der Waals surface area contributed by atoms with Crippen LogP contribution in [0.2, 0.25) is 0 Å². The summed E-state index contributed by atoms with van der Waals surface area (Å²) in [6.07, 6.45) is -4.51. The molecule has 1 aromatic heterocycles. The predicted molar refractivity (Wildman–Crippen MR) is 76.5 cm³/mol. The van der Waals surface area contributed by atoms with Gasteiger partial charge in [-0.15, -0.1) is 0 Å². The van der Waals surface area contributed by atoms with E-state index in [2.05, 4.69) is 10.4 Å². The number of aromatic nitrogens is 2. The fraction of sp³-hybridized carbons (Fsp3) is 0.333. The van der Waals surface area contributed by atoms with Crippen LogP contribution >= 0.6 is 0 Å². The summed E-state index contributed by atoms with van der Waals surface area (Å²) in [6.45, 7) is 4.99. The maximum atomic E-state index is 12.6. The number of carbonyl (C=O) groups is 1. The first-order valence-electron chi connectivity index (χ1n) is 6.66. The Kier molecular flexibility index (Phi) is 4.25. The monoisotopic (exact) mass is 311 g/mol. The van der Waals surface area contributed by atoms with Gasteiger partial charge in [0.2, 0.25) is 5.91 Å². The molecule has 1 aromatic carbocycles. The minimum atomic E-state index is -4.51. The molecule has 0 saturated carbocycles. The van der Waals surface area contributed by atoms with Crippen molar-refractivity contribution in [3.05, 3.63) is 46.8 Å². The molecule has 2 rings (SSSR count). The molecule has 1 amide bonds. The second kappa shape index (κ2) is 5.82. The number of alkyl halides is 3. The molecule has 0 saturated heterocycles. The van der Waals surface area contributed by atoms with Crippen LogP contribution in [0, 0.1) is 20.8 Å². The van der Waals surface area contributed by atoms with Crippen molar-refractivity contribution in [2.24, 2.45) is 0 Å². The van der Waals surface area contributed by atoms with Crippen LogP contribution < -0.4 is 5.32 Å². The van der Waals surface area contributed by atoms with Crippen LogP contribution in [0.15, 0.2) is 24.3 Å². The van der Waals surface area contributed by atoms with Gasteiger partial charge in [-0.25, -0.2) is 0 Å². The van der Waals surface area contributed by atoms with E-state index in [-0.39, 0.29) is 12.2 Å². The molecule has 0 unspecified atom stereocenters. The van der Waals surface area contributed by atoms with Gasteiger partial charge in [-0.3, -0.25) is 9.48 Å². The van der Waals surface area contributed by atoms with Crippen LogP contribution in [0.4, 0.5) is 18.9 Å². The summed E-state index contributed by atoms with van der Waals surface area (Å²) in [5, 5.41) is 6.13. The summed E-state index contributed by atoms with van der Waals surface area (Å²) < 4.78 is 38.8. The molecule has 2 aromatic rings. The molecular formula is C15H16F3N3O. The maximum absolute atomic E-state index is 12.6. The van der Waals surface area contributed by atoms with Crippen LogP contribution in [-0.2, 0) is 17.5 Å². The molecule has 0 spiro atoms. The van der Waals surface area contributed by atoms with Gasteiger partial charge in [0.1, 0.15) is 6.54 Å². The first kappa shape index (κ1) is 16.1. The number of carbonyl (C=O) groups excluding carboxylic acids is 1. The minimum Gasteiger partial charge on any atom is -0.324 e. The van der Waals surface area contributed by atoms with E-state index in [0.717, 1.165) is 21.9 Å². The van der Waals surface area contributed by atoms with Gasteiger partial charge < -0.3 is 5.32 Å². The van der Waals surface area contributed by atoms with Gasteiger partial charge in [0.15, 0.2) is 5.69 Å². The molecule has 1 N–H and O–H groups in total. The highest BCUT2D eigenvalue weighted by atomic mass is 19.4. The summed E-state index contributed by atoms with van der Waals surface area (Å²) in [6, 6.07) is 6.39. The van der Waals surface area contributed by atoms with Crippen LogP contribution in [0.5, 0.6) is 0 Å². The predicted octanol–water partition coefficient (Wildman–Crippen LogP) is 3.47. The third-order valence-electron chi connectivity index (χ3n) is 3.44. The number of nitrogens with one attached hydrogen (secondary N) is 1. The zero-order valence-corrected chi connectivity index (χ0v) is 12.5. The van der Waals surface area contributed by atoms with Crippen molar-refractivity contribution in [2.75, 3.05) is 5.32 Å². The summed E-state index contributed by atoms with van der Waals surface area (Å²) in [5.74, 6) is -0.423. The Morgan fingerprint density at radius 1 is 1.27 bits per heavy atom. The van der Waals surface area contributed by atoms with Crippen molar-refractivity contribution in [1.29, 1.82) is 0 Å². The molecule has 0 aliphatic carbocycles. The lowest BCUT2D eigenvalue weighted by Gasteiger charge is -2.11. The standard InChI is InChI=1S/C15H16F3N3O/c1-9-5-4-6-12(11(9)3)19-14(22)8-21-10(2)7-13(20-21)15(16,17)18/h4-7H,8H2,1-3H3,(H,19,22). The van der Waals surface area contributed by atoms with E-state index < -0.39 is 17.8 Å². The van der Waals surface area contributed by atoms with Gasteiger partial charge in [0.05, 0.1) is 0 Å². The molecule has 0 aliphatic rings. The van der Waals surface area contributed by atoms with E-state index in [9.17, 15) is 18.0 Å². The summed E-state index contributed by atoms with van der Waals surface area (Å²) in [4.78, 5) is 12.0. The first-order chi connectivity index (χ1) is 10.2. The van der Waals surface area contributed by atoms with Crippen molar-refractivity contribution in [1.82, 2.24) is 9.78 Å². The lowest BCUT2D eigenvalue weighted by atomic mass is 10.1. The molecular weight excluding hydrogens is 295 g/mol. The highest BCUT2D eigenvalue weighted by Crippen LogP contribution is 2.28. The summed E-state index contributed by atoms with van der Waals surface area (Å²) in [5.41, 5.74) is 1.87. The van der Waals surface area contributed by atoms with Crippen LogP contribution in [0.1, 0.15) is 22.5 Å². The fourth-order valence-corrected chi connectivity index (χ4v) is 2.02. The molecule has 0 atom stereocenters. The lowest BCUT2D eigenvalue weighted by molar-refractivity contribution is -0.141. The minimum absolute atomic E-state index is 0.269. The molecule has 7 heteroatoms. The van der Waals surface area contributed by atoms with E-state index in [1.807, 2.05) is 19.9 Å². The smallest absolute Gasteiger partial charge is 0.324 e. The van der Waals surface area contributed by atoms with Crippen LogP contribution in [-0.4, -0.2) is 15.7 Å². The Labute approximate surface area is 125 Å². The Morgan fingerprint density at radius 2 is 1.95 bits per heavy atom. The zero-order chi connectivity index (χ0) is 16.5. The second-order valence-electron chi connectivity index (χ2n) is 5.12. The third-order valence-corrected chi connectivity index (χ3v) is 3.44. The van der Waals surface area contributed by atoms with Gasteiger partial charge in [0.25, 0.3) is 0 Å². The molecule has 1 heterocycles.